The molecule has 0 unspecified atom stereocenters. The van der Waals surface area contributed by atoms with Crippen molar-refractivity contribution in [2.75, 3.05) is 13.1 Å². The van der Waals surface area contributed by atoms with E-state index in [1.807, 2.05) is 4.90 Å². The van der Waals surface area contributed by atoms with Crippen LogP contribution in [0.1, 0.15) is 62.3 Å². The first-order valence-corrected chi connectivity index (χ1v) is 11.5. The molecule has 1 aliphatic heterocycles. The summed E-state index contributed by atoms with van der Waals surface area (Å²) in [4.78, 5) is 34.9. The molecule has 2 aromatic heterocycles. The molecule has 8 nitrogen and oxygen atoms in total. The highest BCUT2D eigenvalue weighted by Crippen LogP contribution is 2.30. The molecule has 0 atom stereocenters. The molecule has 1 saturated carbocycles. The Hall–Kier alpha value is -3.10. The molecule has 2 fully saturated rings. The van der Waals surface area contributed by atoms with Crippen molar-refractivity contribution >= 4 is 17.1 Å². The number of likely N-dealkylation sites (tertiary alicyclic amines) is 1. The third-order valence-corrected chi connectivity index (χ3v) is 6.82. The number of aromatic nitrogens is 5. The summed E-state index contributed by atoms with van der Waals surface area (Å²) in [5.41, 5.74) is 0.616. The second-order valence-corrected chi connectivity index (χ2v) is 8.90. The number of piperidine rings is 1. The molecule has 2 aliphatic rings. The summed E-state index contributed by atoms with van der Waals surface area (Å²) in [6, 6.07) is 6.45. The minimum Gasteiger partial charge on any atom is -0.342 e. The first-order valence-electron chi connectivity index (χ1n) is 11.5. The van der Waals surface area contributed by atoms with Gasteiger partial charge in [-0.2, -0.15) is 0 Å². The van der Waals surface area contributed by atoms with Crippen LogP contribution in [-0.2, 0) is 11.3 Å². The fourth-order valence-electron chi connectivity index (χ4n) is 4.95. The third-order valence-electron chi connectivity index (χ3n) is 6.82. The zero-order valence-corrected chi connectivity index (χ0v) is 18.0. The lowest BCUT2D eigenvalue weighted by Gasteiger charge is -2.34. The number of carbonyl (C=O) groups is 1. The zero-order chi connectivity index (χ0) is 22.1. The highest BCUT2D eigenvalue weighted by atomic mass is 19.1. The standard InChI is InChI=1S/C23H27FN6O2/c24-18-9-5-4-8-17(18)14-30-21-19(27-28-30)22(31)26-20(25-21)15-10-12-29(13-11-15)23(32)16-6-2-1-3-7-16/h4-5,8-9,15-16H,1-3,6-7,10-14H2,(H,25,26,31). The van der Waals surface area contributed by atoms with Gasteiger partial charge in [-0.15, -0.1) is 5.10 Å². The van der Waals surface area contributed by atoms with Crippen LogP contribution >= 0.6 is 0 Å². The number of H-pyrrole nitrogens is 1. The van der Waals surface area contributed by atoms with Crippen LogP contribution in [0.4, 0.5) is 4.39 Å². The van der Waals surface area contributed by atoms with Crippen LogP contribution < -0.4 is 5.56 Å². The van der Waals surface area contributed by atoms with Gasteiger partial charge in [0.15, 0.2) is 11.2 Å². The number of nitrogens with one attached hydrogen (secondary N) is 1. The summed E-state index contributed by atoms with van der Waals surface area (Å²) in [6.07, 6.45) is 7.03. The van der Waals surface area contributed by atoms with Crippen molar-refractivity contribution in [2.24, 2.45) is 5.92 Å². The Bertz CT molecular complexity index is 1170. The monoisotopic (exact) mass is 438 g/mol. The summed E-state index contributed by atoms with van der Waals surface area (Å²) in [6.45, 7) is 1.50. The van der Waals surface area contributed by atoms with Crippen LogP contribution in [0.2, 0.25) is 0 Å². The molecular formula is C23H27FN6O2. The van der Waals surface area contributed by atoms with Gasteiger partial charge >= 0.3 is 0 Å². The number of carbonyl (C=O) groups excluding carboxylic acids is 1. The number of fused-ring (bicyclic) bond motifs is 1. The van der Waals surface area contributed by atoms with E-state index in [-0.39, 0.29) is 41.2 Å². The summed E-state index contributed by atoms with van der Waals surface area (Å²) < 4.78 is 15.6. The number of nitrogens with zero attached hydrogens (tertiary/aromatic N) is 5. The fraction of sp³-hybridized carbons (Fsp3) is 0.522. The average Bonchev–Trinajstić information content (AvgIpc) is 3.24. The quantitative estimate of drug-likeness (QED) is 0.676. The lowest BCUT2D eigenvalue weighted by atomic mass is 9.87. The molecule has 3 aromatic rings. The van der Waals surface area contributed by atoms with Gasteiger partial charge in [0.2, 0.25) is 5.91 Å². The van der Waals surface area contributed by atoms with E-state index in [9.17, 15) is 14.0 Å². The van der Waals surface area contributed by atoms with Gasteiger partial charge in [-0.25, -0.2) is 14.1 Å². The van der Waals surface area contributed by atoms with Gasteiger partial charge in [0, 0.05) is 30.5 Å². The number of benzene rings is 1. The smallest absolute Gasteiger partial charge is 0.281 e. The van der Waals surface area contributed by atoms with Crippen LogP contribution in [0, 0.1) is 11.7 Å². The Morgan fingerprint density at radius 1 is 1.09 bits per heavy atom. The predicted octanol–water partition coefficient (Wildman–Crippen LogP) is 2.99. The maximum absolute atomic E-state index is 14.1. The molecule has 1 amide bonds. The van der Waals surface area contributed by atoms with E-state index in [1.165, 1.54) is 17.2 Å². The number of halogens is 1. The van der Waals surface area contributed by atoms with E-state index in [2.05, 4.69) is 20.3 Å². The maximum Gasteiger partial charge on any atom is 0.281 e. The van der Waals surface area contributed by atoms with E-state index in [0.29, 0.717) is 30.1 Å². The van der Waals surface area contributed by atoms with Gasteiger partial charge in [0.05, 0.1) is 6.54 Å². The van der Waals surface area contributed by atoms with E-state index < -0.39 is 0 Å². The third kappa shape index (κ3) is 4.03. The lowest BCUT2D eigenvalue weighted by molar-refractivity contribution is -0.137. The Labute approximate surface area is 184 Å². The molecule has 1 aliphatic carbocycles. The van der Waals surface area contributed by atoms with E-state index in [0.717, 1.165) is 38.5 Å². The van der Waals surface area contributed by atoms with Crippen LogP contribution in [0.15, 0.2) is 29.1 Å². The Morgan fingerprint density at radius 2 is 1.84 bits per heavy atom. The Kier molecular flexibility index (Phi) is 5.71. The normalized spacial score (nSPS) is 18.3. The van der Waals surface area contributed by atoms with Gasteiger partial charge in [0.25, 0.3) is 5.56 Å². The number of hydrogen-bond donors (Lipinski definition) is 1. The van der Waals surface area contributed by atoms with Crippen molar-refractivity contribution in [3.63, 3.8) is 0 Å². The van der Waals surface area contributed by atoms with Gasteiger partial charge < -0.3 is 9.88 Å². The number of amides is 1. The maximum atomic E-state index is 14.1. The molecule has 1 N–H and O–H groups in total. The molecule has 0 bridgehead atoms. The first-order chi connectivity index (χ1) is 15.6. The van der Waals surface area contributed by atoms with Crippen LogP contribution in [-0.4, -0.2) is 48.9 Å². The van der Waals surface area contributed by atoms with Crippen molar-refractivity contribution in [1.82, 2.24) is 29.9 Å². The molecular weight excluding hydrogens is 411 g/mol. The van der Waals surface area contributed by atoms with E-state index >= 15 is 0 Å². The first kappa shape index (κ1) is 20.8. The van der Waals surface area contributed by atoms with Crippen molar-refractivity contribution < 1.29 is 9.18 Å². The van der Waals surface area contributed by atoms with Crippen LogP contribution in [0.25, 0.3) is 11.2 Å². The van der Waals surface area contributed by atoms with Gasteiger partial charge in [-0.3, -0.25) is 9.59 Å². The van der Waals surface area contributed by atoms with E-state index in [4.69, 9.17) is 0 Å². The summed E-state index contributed by atoms with van der Waals surface area (Å²) in [7, 11) is 0. The van der Waals surface area contributed by atoms with Gasteiger partial charge in [0.1, 0.15) is 11.6 Å². The average molecular weight is 439 g/mol. The van der Waals surface area contributed by atoms with Gasteiger partial charge in [-0.05, 0) is 31.7 Å². The van der Waals surface area contributed by atoms with Crippen molar-refractivity contribution in [1.29, 1.82) is 0 Å². The fourth-order valence-corrected chi connectivity index (χ4v) is 4.95. The SMILES string of the molecule is O=C(C1CCCCC1)N1CCC(c2nc3c(nnn3Cc3ccccc3F)c(=O)[nH]2)CC1. The molecule has 5 rings (SSSR count). The largest absolute Gasteiger partial charge is 0.342 e. The second-order valence-electron chi connectivity index (χ2n) is 8.90. The predicted molar refractivity (Wildman–Crippen MR) is 117 cm³/mol. The van der Waals surface area contributed by atoms with E-state index in [1.54, 1.807) is 18.2 Å². The summed E-state index contributed by atoms with van der Waals surface area (Å²) in [5, 5.41) is 7.98. The molecule has 0 radical (unpaired) electrons. The summed E-state index contributed by atoms with van der Waals surface area (Å²) in [5.74, 6) is 0.764. The second kappa shape index (κ2) is 8.80. The molecule has 1 saturated heterocycles. The molecule has 1 aromatic carbocycles. The molecule has 168 valence electrons. The van der Waals surface area contributed by atoms with Crippen LogP contribution in [0.5, 0.6) is 0 Å². The summed E-state index contributed by atoms with van der Waals surface area (Å²) >= 11 is 0. The van der Waals surface area contributed by atoms with Crippen LogP contribution in [0.3, 0.4) is 0 Å². The Morgan fingerprint density at radius 3 is 2.59 bits per heavy atom. The number of aromatic amines is 1. The van der Waals surface area contributed by atoms with Crippen molar-refractivity contribution in [2.45, 2.75) is 57.4 Å². The zero-order valence-electron chi connectivity index (χ0n) is 18.0. The topological polar surface area (TPSA) is 96.8 Å². The minimum atomic E-state index is -0.342. The number of hydrogen-bond acceptors (Lipinski definition) is 5. The number of rotatable bonds is 4. The van der Waals surface area contributed by atoms with Crippen molar-refractivity contribution in [3.05, 3.63) is 51.8 Å². The minimum absolute atomic E-state index is 0.0549. The molecule has 32 heavy (non-hydrogen) atoms. The highest BCUT2D eigenvalue weighted by molar-refractivity contribution is 5.79. The molecule has 9 heteroatoms. The molecule has 0 spiro atoms. The van der Waals surface area contributed by atoms with Gasteiger partial charge in [-0.1, -0.05) is 42.7 Å². The molecule has 3 heterocycles. The Balaban J connectivity index is 1.33. The lowest BCUT2D eigenvalue weighted by Crippen LogP contribution is -2.42. The van der Waals surface area contributed by atoms with Crippen molar-refractivity contribution in [3.8, 4) is 0 Å². The highest BCUT2D eigenvalue weighted by Gasteiger charge is 2.30.